The highest BCUT2D eigenvalue weighted by Crippen LogP contribution is 2.14. The van der Waals surface area contributed by atoms with Gasteiger partial charge in [0.1, 0.15) is 0 Å². The van der Waals surface area contributed by atoms with E-state index in [1.54, 1.807) is 25.1 Å². The van der Waals surface area contributed by atoms with Gasteiger partial charge in [0, 0.05) is 17.1 Å². The van der Waals surface area contributed by atoms with E-state index in [4.69, 9.17) is 11.6 Å². The molecule has 1 aromatic rings. The second-order valence-corrected chi connectivity index (χ2v) is 3.98. The number of methoxy groups -OCH3 is 1. The molecule has 4 nitrogen and oxygen atoms in total. The third-order valence-corrected chi connectivity index (χ3v) is 2.51. The summed E-state index contributed by atoms with van der Waals surface area (Å²) in [5.74, 6) is -0.568. The molecule has 0 saturated carbocycles. The van der Waals surface area contributed by atoms with Crippen LogP contribution in [0.3, 0.4) is 0 Å². The fourth-order valence-corrected chi connectivity index (χ4v) is 1.58. The number of carbonyl (C=O) groups excluding carboxylic acids is 2. The van der Waals surface area contributed by atoms with Crippen molar-refractivity contribution in [3.63, 3.8) is 0 Å². The second kappa shape index (κ2) is 6.25. The van der Waals surface area contributed by atoms with Crippen LogP contribution in [0.1, 0.15) is 22.3 Å². The van der Waals surface area contributed by atoms with Crippen LogP contribution in [0.5, 0.6) is 0 Å². The molecule has 0 radical (unpaired) electrons. The molecule has 92 valence electrons. The predicted octanol–water partition coefficient (Wildman–Crippen LogP) is 1.94. The number of hydrogen-bond acceptors (Lipinski definition) is 3. The van der Waals surface area contributed by atoms with Crippen molar-refractivity contribution in [3.05, 3.63) is 34.3 Å². The van der Waals surface area contributed by atoms with Crippen molar-refractivity contribution in [1.29, 1.82) is 0 Å². The minimum atomic E-state index is -0.349. The van der Waals surface area contributed by atoms with Crippen LogP contribution in [0.15, 0.2) is 18.2 Å². The zero-order valence-corrected chi connectivity index (χ0v) is 10.5. The summed E-state index contributed by atoms with van der Waals surface area (Å²) in [4.78, 5) is 22.6. The van der Waals surface area contributed by atoms with Crippen molar-refractivity contribution in [2.75, 3.05) is 13.7 Å². The quantitative estimate of drug-likeness (QED) is 0.837. The first kappa shape index (κ1) is 13.5. The summed E-state index contributed by atoms with van der Waals surface area (Å²) in [6.07, 6.45) is 0.162. The molecule has 1 amide bonds. The minimum absolute atomic E-state index is 0.162. The molecule has 0 bridgehead atoms. The van der Waals surface area contributed by atoms with E-state index in [0.717, 1.165) is 5.56 Å². The van der Waals surface area contributed by atoms with E-state index < -0.39 is 0 Å². The lowest BCUT2D eigenvalue weighted by Crippen LogP contribution is -2.26. The zero-order valence-electron chi connectivity index (χ0n) is 9.75. The van der Waals surface area contributed by atoms with E-state index in [1.807, 2.05) is 0 Å². The smallest absolute Gasteiger partial charge is 0.307 e. The highest BCUT2D eigenvalue weighted by molar-refractivity contribution is 6.30. The van der Waals surface area contributed by atoms with Crippen LogP contribution in [0, 0.1) is 6.92 Å². The molecule has 0 aliphatic carbocycles. The van der Waals surface area contributed by atoms with Gasteiger partial charge in [-0.3, -0.25) is 9.59 Å². The molecule has 0 aliphatic rings. The molecule has 17 heavy (non-hydrogen) atoms. The summed E-state index contributed by atoms with van der Waals surface area (Å²) < 4.78 is 4.47. The molecule has 1 rings (SSSR count). The molecule has 1 aromatic carbocycles. The first-order valence-electron chi connectivity index (χ1n) is 5.15. The summed E-state index contributed by atoms with van der Waals surface area (Å²) in [6.45, 7) is 2.06. The van der Waals surface area contributed by atoms with Crippen LogP contribution in [-0.2, 0) is 9.53 Å². The number of amides is 1. The molecule has 0 unspecified atom stereocenters. The highest BCUT2D eigenvalue weighted by Gasteiger charge is 2.09. The summed E-state index contributed by atoms with van der Waals surface area (Å²) in [5.41, 5.74) is 1.35. The topological polar surface area (TPSA) is 55.4 Å². The number of esters is 1. The first-order chi connectivity index (χ1) is 8.04. The van der Waals surface area contributed by atoms with Crippen LogP contribution in [0.4, 0.5) is 0 Å². The maximum Gasteiger partial charge on any atom is 0.307 e. The van der Waals surface area contributed by atoms with Gasteiger partial charge in [0.2, 0.25) is 0 Å². The summed E-state index contributed by atoms with van der Waals surface area (Å²) in [6, 6.07) is 5.03. The molecule has 5 heteroatoms. The van der Waals surface area contributed by atoms with Crippen LogP contribution in [0.2, 0.25) is 5.02 Å². The Morgan fingerprint density at radius 3 is 2.71 bits per heavy atom. The van der Waals surface area contributed by atoms with Gasteiger partial charge in [0.25, 0.3) is 5.91 Å². The molecule has 0 atom stereocenters. The van der Waals surface area contributed by atoms with Gasteiger partial charge in [-0.1, -0.05) is 11.6 Å². The van der Waals surface area contributed by atoms with E-state index in [-0.39, 0.29) is 24.8 Å². The Hall–Kier alpha value is -1.55. The Morgan fingerprint density at radius 2 is 2.12 bits per heavy atom. The van der Waals surface area contributed by atoms with Gasteiger partial charge in [0.15, 0.2) is 0 Å². The van der Waals surface area contributed by atoms with Gasteiger partial charge in [-0.2, -0.15) is 0 Å². The summed E-state index contributed by atoms with van der Waals surface area (Å²) >= 11 is 5.79. The summed E-state index contributed by atoms with van der Waals surface area (Å²) in [5, 5.41) is 3.23. The Balaban J connectivity index is 2.55. The van der Waals surface area contributed by atoms with E-state index in [2.05, 4.69) is 10.1 Å². The number of nitrogens with one attached hydrogen (secondary N) is 1. The van der Waals surface area contributed by atoms with Gasteiger partial charge >= 0.3 is 5.97 Å². The molecule has 0 spiro atoms. The molecular weight excluding hydrogens is 242 g/mol. The predicted molar refractivity (Wildman–Crippen MR) is 65.2 cm³/mol. The van der Waals surface area contributed by atoms with Crippen molar-refractivity contribution in [2.45, 2.75) is 13.3 Å². The standard InChI is InChI=1S/C12H14ClNO3/c1-8-7-9(13)3-4-10(8)12(16)14-6-5-11(15)17-2/h3-4,7H,5-6H2,1-2H3,(H,14,16). The molecule has 1 N–H and O–H groups in total. The molecular formula is C12H14ClNO3. The van der Waals surface area contributed by atoms with Gasteiger partial charge in [0.05, 0.1) is 13.5 Å². The van der Waals surface area contributed by atoms with E-state index in [1.165, 1.54) is 7.11 Å². The zero-order chi connectivity index (χ0) is 12.8. The van der Waals surface area contributed by atoms with Crippen molar-refractivity contribution in [2.24, 2.45) is 0 Å². The fraction of sp³-hybridized carbons (Fsp3) is 0.333. The largest absolute Gasteiger partial charge is 0.469 e. The number of halogens is 1. The van der Waals surface area contributed by atoms with Crippen molar-refractivity contribution >= 4 is 23.5 Å². The minimum Gasteiger partial charge on any atom is -0.469 e. The SMILES string of the molecule is COC(=O)CCNC(=O)c1ccc(Cl)cc1C. The monoisotopic (exact) mass is 255 g/mol. The van der Waals surface area contributed by atoms with Gasteiger partial charge in [-0.05, 0) is 30.7 Å². The highest BCUT2D eigenvalue weighted by atomic mass is 35.5. The van der Waals surface area contributed by atoms with Crippen molar-refractivity contribution in [3.8, 4) is 0 Å². The fourth-order valence-electron chi connectivity index (χ4n) is 1.36. The number of carbonyl (C=O) groups is 2. The van der Waals surface area contributed by atoms with Crippen LogP contribution in [0.25, 0.3) is 0 Å². The Labute approximate surface area is 105 Å². The molecule has 0 aliphatic heterocycles. The molecule has 0 heterocycles. The van der Waals surface area contributed by atoms with Crippen LogP contribution in [-0.4, -0.2) is 25.5 Å². The lowest BCUT2D eigenvalue weighted by atomic mass is 10.1. The van der Waals surface area contributed by atoms with Crippen LogP contribution >= 0.6 is 11.6 Å². The average molecular weight is 256 g/mol. The van der Waals surface area contributed by atoms with Gasteiger partial charge < -0.3 is 10.1 Å². The van der Waals surface area contributed by atoms with Gasteiger partial charge in [-0.25, -0.2) is 0 Å². The Kier molecular flexibility index (Phi) is 4.97. The number of aryl methyl sites for hydroxylation is 1. The Bertz CT molecular complexity index is 432. The third-order valence-electron chi connectivity index (χ3n) is 2.28. The molecule has 0 saturated heterocycles. The maximum atomic E-state index is 11.7. The van der Waals surface area contributed by atoms with Gasteiger partial charge in [-0.15, -0.1) is 0 Å². The van der Waals surface area contributed by atoms with E-state index in [0.29, 0.717) is 10.6 Å². The second-order valence-electron chi connectivity index (χ2n) is 3.54. The Morgan fingerprint density at radius 1 is 1.41 bits per heavy atom. The normalized spacial score (nSPS) is 9.82. The number of rotatable bonds is 4. The average Bonchev–Trinajstić information content (AvgIpc) is 2.28. The van der Waals surface area contributed by atoms with Crippen molar-refractivity contribution in [1.82, 2.24) is 5.32 Å². The first-order valence-corrected chi connectivity index (χ1v) is 5.53. The van der Waals surface area contributed by atoms with E-state index >= 15 is 0 Å². The maximum absolute atomic E-state index is 11.7. The lowest BCUT2D eigenvalue weighted by Gasteiger charge is -2.07. The summed E-state index contributed by atoms with van der Waals surface area (Å²) in [7, 11) is 1.31. The van der Waals surface area contributed by atoms with Crippen LogP contribution < -0.4 is 5.32 Å². The lowest BCUT2D eigenvalue weighted by molar-refractivity contribution is -0.140. The number of ether oxygens (including phenoxy) is 1. The third kappa shape index (κ3) is 4.07. The molecule has 0 aromatic heterocycles. The van der Waals surface area contributed by atoms with Crippen molar-refractivity contribution < 1.29 is 14.3 Å². The number of hydrogen-bond donors (Lipinski definition) is 1. The molecule has 0 fully saturated rings. The number of benzene rings is 1. The van der Waals surface area contributed by atoms with E-state index in [9.17, 15) is 9.59 Å².